The molecule has 0 fully saturated rings. The average Bonchev–Trinajstić information content (AvgIpc) is 2.87. The number of quaternary nitrogens is 1. The molecular formula is C15H18N2O3S. The molecule has 21 heavy (non-hydrogen) atoms. The Kier molecular flexibility index (Phi) is 5.44. The summed E-state index contributed by atoms with van der Waals surface area (Å²) in [5.74, 6) is -1.12. The molecule has 0 saturated heterocycles. The Morgan fingerprint density at radius 2 is 2.29 bits per heavy atom. The molecular weight excluding hydrogens is 288 g/mol. The van der Waals surface area contributed by atoms with Gasteiger partial charge < -0.3 is 19.9 Å². The number of hydrogen-bond acceptors (Lipinski definition) is 5. The van der Waals surface area contributed by atoms with Crippen LogP contribution < -0.4 is 10.0 Å². The highest BCUT2D eigenvalue weighted by molar-refractivity contribution is 7.13. The summed E-state index contributed by atoms with van der Waals surface area (Å²) in [6, 6.07) is 8.03. The van der Waals surface area contributed by atoms with E-state index in [2.05, 4.69) is 11.1 Å². The van der Waals surface area contributed by atoms with Crippen molar-refractivity contribution >= 4 is 17.3 Å². The van der Waals surface area contributed by atoms with Gasteiger partial charge in [-0.3, -0.25) is 0 Å². The van der Waals surface area contributed by atoms with Crippen LogP contribution in [0.25, 0.3) is 10.6 Å². The summed E-state index contributed by atoms with van der Waals surface area (Å²) < 4.78 is 0. The van der Waals surface area contributed by atoms with Crippen LogP contribution in [-0.2, 0) is 17.8 Å². The zero-order valence-electron chi connectivity index (χ0n) is 11.8. The summed E-state index contributed by atoms with van der Waals surface area (Å²) >= 11 is 1.43. The van der Waals surface area contributed by atoms with Crippen molar-refractivity contribution in [1.82, 2.24) is 4.98 Å². The first-order valence-corrected chi connectivity index (χ1v) is 7.62. The van der Waals surface area contributed by atoms with Crippen molar-refractivity contribution < 1.29 is 19.9 Å². The van der Waals surface area contributed by atoms with Gasteiger partial charge in [0.25, 0.3) is 0 Å². The molecule has 5 nitrogen and oxygen atoms in total. The van der Waals surface area contributed by atoms with E-state index in [9.17, 15) is 9.90 Å². The molecule has 0 saturated carbocycles. The number of carbonyl (C=O) groups is 1. The van der Waals surface area contributed by atoms with Gasteiger partial charge in [-0.25, -0.2) is 4.98 Å². The molecule has 6 heteroatoms. The molecule has 0 amide bonds. The number of rotatable bonds is 7. The number of carboxylic acid groups (broad SMARTS) is 1. The largest absolute Gasteiger partial charge is 0.550 e. The molecule has 2 aromatic rings. The van der Waals surface area contributed by atoms with Crippen LogP contribution in [0, 0.1) is 0 Å². The van der Waals surface area contributed by atoms with Crippen LogP contribution in [0.5, 0.6) is 0 Å². The lowest BCUT2D eigenvalue weighted by molar-refractivity contribution is -0.894. The maximum absolute atomic E-state index is 10.6. The molecule has 0 bridgehead atoms. The third kappa shape index (κ3) is 4.63. The highest BCUT2D eigenvalue weighted by Crippen LogP contribution is 2.24. The molecule has 112 valence electrons. The minimum atomic E-state index is -1.12. The summed E-state index contributed by atoms with van der Waals surface area (Å²) in [5, 5.41) is 22.1. The number of aliphatic hydroxyl groups excluding tert-OH is 1. The van der Waals surface area contributed by atoms with Crippen molar-refractivity contribution in [2.75, 3.05) is 20.2 Å². The van der Waals surface area contributed by atoms with Crippen LogP contribution in [0.15, 0.2) is 29.6 Å². The van der Waals surface area contributed by atoms with E-state index < -0.39 is 5.97 Å². The number of carboxylic acids is 1. The SMILES string of the molecule is C[NH+](CCO)Cc1cccc(-c2nc(CC(=O)[O-])cs2)c1. The Morgan fingerprint density at radius 3 is 3.00 bits per heavy atom. The van der Waals surface area contributed by atoms with Gasteiger partial charge in [-0.2, -0.15) is 0 Å². The molecule has 0 aliphatic heterocycles. The average molecular weight is 306 g/mol. The van der Waals surface area contributed by atoms with Gasteiger partial charge in [-0.15, -0.1) is 11.3 Å². The van der Waals surface area contributed by atoms with Crippen LogP contribution in [0.3, 0.4) is 0 Å². The number of nitrogens with zero attached hydrogens (tertiary/aromatic N) is 1. The van der Waals surface area contributed by atoms with E-state index in [1.165, 1.54) is 16.2 Å². The summed E-state index contributed by atoms with van der Waals surface area (Å²) in [7, 11) is 2.03. The first-order chi connectivity index (χ1) is 10.1. The second-order valence-corrected chi connectivity index (χ2v) is 5.86. The molecule has 0 radical (unpaired) electrons. The van der Waals surface area contributed by atoms with E-state index in [4.69, 9.17) is 5.11 Å². The van der Waals surface area contributed by atoms with Gasteiger partial charge in [0, 0.05) is 28.9 Å². The van der Waals surface area contributed by atoms with Crippen LogP contribution in [0.4, 0.5) is 0 Å². The summed E-state index contributed by atoms with van der Waals surface area (Å²) in [6.45, 7) is 1.70. The molecule has 1 heterocycles. The molecule has 0 aliphatic rings. The van der Waals surface area contributed by atoms with Gasteiger partial charge in [0.1, 0.15) is 18.1 Å². The van der Waals surface area contributed by atoms with Crippen molar-refractivity contribution in [2.45, 2.75) is 13.0 Å². The van der Waals surface area contributed by atoms with Gasteiger partial charge in [0.15, 0.2) is 0 Å². The highest BCUT2D eigenvalue weighted by Gasteiger charge is 2.08. The minimum Gasteiger partial charge on any atom is -0.550 e. The third-order valence-electron chi connectivity index (χ3n) is 3.10. The Morgan fingerprint density at radius 1 is 1.48 bits per heavy atom. The normalized spacial score (nSPS) is 12.3. The van der Waals surface area contributed by atoms with E-state index in [1.54, 1.807) is 5.38 Å². The molecule has 0 aliphatic carbocycles. The van der Waals surface area contributed by atoms with Crippen molar-refractivity contribution in [2.24, 2.45) is 0 Å². The van der Waals surface area contributed by atoms with Gasteiger partial charge in [0.2, 0.25) is 0 Å². The fourth-order valence-electron chi connectivity index (χ4n) is 2.11. The number of thiazole rings is 1. The molecule has 1 aromatic heterocycles. The number of aliphatic hydroxyl groups is 1. The lowest BCUT2D eigenvalue weighted by atomic mass is 10.1. The van der Waals surface area contributed by atoms with Crippen molar-refractivity contribution in [3.63, 3.8) is 0 Å². The topological polar surface area (TPSA) is 77.7 Å². The van der Waals surface area contributed by atoms with E-state index in [0.717, 1.165) is 22.7 Å². The number of carbonyl (C=O) groups excluding carboxylic acids is 1. The van der Waals surface area contributed by atoms with Gasteiger partial charge in [-0.1, -0.05) is 18.2 Å². The number of aliphatic carboxylic acids is 1. The number of benzene rings is 1. The lowest BCUT2D eigenvalue weighted by Crippen LogP contribution is -3.08. The van der Waals surface area contributed by atoms with Crippen LogP contribution in [0.1, 0.15) is 11.3 Å². The second-order valence-electron chi connectivity index (χ2n) is 5.00. The minimum absolute atomic E-state index is 0.153. The smallest absolute Gasteiger partial charge is 0.123 e. The van der Waals surface area contributed by atoms with E-state index in [1.807, 2.05) is 25.2 Å². The Bertz CT molecular complexity index is 612. The van der Waals surface area contributed by atoms with Crippen molar-refractivity contribution in [3.8, 4) is 10.6 Å². The highest BCUT2D eigenvalue weighted by atomic mass is 32.1. The fourth-order valence-corrected chi connectivity index (χ4v) is 2.93. The second kappa shape index (κ2) is 7.31. The Balaban J connectivity index is 2.13. The Hall–Kier alpha value is -1.76. The number of aromatic nitrogens is 1. The zero-order chi connectivity index (χ0) is 15.2. The molecule has 1 aromatic carbocycles. The Labute approximate surface area is 127 Å². The maximum Gasteiger partial charge on any atom is 0.123 e. The van der Waals surface area contributed by atoms with Gasteiger partial charge >= 0.3 is 0 Å². The summed E-state index contributed by atoms with van der Waals surface area (Å²) in [4.78, 5) is 16.1. The predicted octanol–water partition coefficient (Wildman–Crippen LogP) is -0.890. The zero-order valence-corrected chi connectivity index (χ0v) is 12.7. The van der Waals surface area contributed by atoms with Crippen molar-refractivity contribution in [1.29, 1.82) is 0 Å². The number of hydrogen-bond donors (Lipinski definition) is 2. The van der Waals surface area contributed by atoms with Gasteiger partial charge in [0.05, 0.1) is 19.3 Å². The van der Waals surface area contributed by atoms with E-state index in [0.29, 0.717) is 12.2 Å². The number of nitrogens with one attached hydrogen (secondary N) is 1. The van der Waals surface area contributed by atoms with Crippen LogP contribution in [0.2, 0.25) is 0 Å². The fraction of sp³-hybridized carbons (Fsp3) is 0.333. The third-order valence-corrected chi connectivity index (χ3v) is 4.04. The first-order valence-electron chi connectivity index (χ1n) is 6.74. The van der Waals surface area contributed by atoms with Crippen molar-refractivity contribution in [3.05, 3.63) is 40.9 Å². The molecule has 2 rings (SSSR count). The molecule has 1 atom stereocenters. The van der Waals surface area contributed by atoms with Crippen LogP contribution in [-0.4, -0.2) is 36.3 Å². The van der Waals surface area contributed by atoms with E-state index in [-0.39, 0.29) is 13.0 Å². The predicted molar refractivity (Wildman–Crippen MR) is 78.8 cm³/mol. The lowest BCUT2D eigenvalue weighted by Gasteiger charge is -2.12. The molecule has 0 spiro atoms. The molecule has 2 N–H and O–H groups in total. The first kappa shape index (κ1) is 15.6. The number of likely N-dealkylation sites (N-methyl/N-ethyl adjacent to an activating group) is 1. The molecule has 1 unspecified atom stereocenters. The quantitative estimate of drug-likeness (QED) is 0.696. The summed E-state index contributed by atoms with van der Waals surface area (Å²) in [6.07, 6.45) is -0.153. The van der Waals surface area contributed by atoms with E-state index >= 15 is 0 Å². The summed E-state index contributed by atoms with van der Waals surface area (Å²) in [5.41, 5.74) is 2.68. The standard InChI is InChI=1S/C15H18N2O3S/c1-17(5-6-18)9-11-3-2-4-12(7-11)15-16-13(10-21-15)8-14(19)20/h2-4,7,10,18H,5-6,8-9H2,1H3,(H,19,20). The monoisotopic (exact) mass is 306 g/mol. The van der Waals surface area contributed by atoms with Crippen LogP contribution >= 0.6 is 11.3 Å². The maximum atomic E-state index is 10.6. The van der Waals surface area contributed by atoms with Gasteiger partial charge in [-0.05, 0) is 6.07 Å².